The van der Waals surface area contributed by atoms with Crippen LogP contribution in [-0.2, 0) is 5.41 Å². The maximum absolute atomic E-state index is 12.7. The van der Waals surface area contributed by atoms with Gasteiger partial charge in [0.05, 0.1) is 10.4 Å². The van der Waals surface area contributed by atoms with E-state index in [0.717, 1.165) is 18.4 Å². The van der Waals surface area contributed by atoms with Crippen LogP contribution in [0.2, 0.25) is 5.02 Å². The third-order valence-corrected chi connectivity index (χ3v) is 4.06. The third kappa shape index (κ3) is 2.02. The lowest BCUT2D eigenvalue weighted by Gasteiger charge is -2.15. The number of carbonyl (C=O) groups excluding carboxylic acids is 1. The molecular formula is C16H14ClNO. The van der Waals surface area contributed by atoms with E-state index < -0.39 is 0 Å². The van der Waals surface area contributed by atoms with Crippen molar-refractivity contribution in [1.82, 2.24) is 0 Å². The lowest BCUT2D eigenvalue weighted by Crippen LogP contribution is -2.21. The molecule has 0 atom stereocenters. The third-order valence-electron chi connectivity index (χ3n) is 3.75. The Morgan fingerprint density at radius 2 is 1.79 bits per heavy atom. The highest BCUT2D eigenvalue weighted by molar-refractivity contribution is 6.34. The van der Waals surface area contributed by atoms with Crippen molar-refractivity contribution in [3.05, 3.63) is 64.7 Å². The summed E-state index contributed by atoms with van der Waals surface area (Å²) in [4.78, 5) is 12.7. The van der Waals surface area contributed by atoms with E-state index in [-0.39, 0.29) is 11.2 Å². The number of Topliss-reactive ketones (excluding diaryl/α,β-unsaturated/α-hetero) is 1. The monoisotopic (exact) mass is 271 g/mol. The molecule has 2 aromatic rings. The van der Waals surface area contributed by atoms with Crippen LogP contribution in [0.15, 0.2) is 48.5 Å². The molecule has 0 unspecified atom stereocenters. The summed E-state index contributed by atoms with van der Waals surface area (Å²) in [5.74, 6) is 0.101. The van der Waals surface area contributed by atoms with E-state index >= 15 is 0 Å². The number of halogens is 1. The Balaban J connectivity index is 2.01. The molecule has 2 aromatic carbocycles. The number of carbonyl (C=O) groups is 1. The largest absolute Gasteiger partial charge is 0.399 e. The second-order valence-corrected chi connectivity index (χ2v) is 5.42. The van der Waals surface area contributed by atoms with Crippen molar-refractivity contribution in [1.29, 1.82) is 0 Å². The molecule has 0 saturated heterocycles. The maximum atomic E-state index is 12.7. The number of hydrogen-bond acceptors (Lipinski definition) is 2. The number of hydrogen-bond donors (Lipinski definition) is 1. The quantitative estimate of drug-likeness (QED) is 0.681. The average molecular weight is 272 g/mol. The summed E-state index contributed by atoms with van der Waals surface area (Å²) in [5.41, 5.74) is 7.51. The summed E-state index contributed by atoms with van der Waals surface area (Å²) in [6, 6.07) is 15.0. The lowest BCUT2D eigenvalue weighted by atomic mass is 9.87. The van der Waals surface area contributed by atoms with Crippen molar-refractivity contribution < 1.29 is 4.79 Å². The topological polar surface area (TPSA) is 43.1 Å². The predicted molar refractivity (Wildman–Crippen MR) is 77.5 cm³/mol. The van der Waals surface area contributed by atoms with Crippen molar-refractivity contribution in [2.75, 3.05) is 5.73 Å². The molecule has 0 bridgehead atoms. The summed E-state index contributed by atoms with van der Waals surface area (Å²) in [6.45, 7) is 0. The second-order valence-electron chi connectivity index (χ2n) is 5.02. The zero-order valence-electron chi connectivity index (χ0n) is 10.4. The Bertz CT molecular complexity index is 632. The molecule has 1 aliphatic rings. The van der Waals surface area contributed by atoms with E-state index in [4.69, 9.17) is 17.3 Å². The average Bonchev–Trinajstić information content (AvgIpc) is 3.20. The molecule has 3 heteroatoms. The van der Waals surface area contributed by atoms with Gasteiger partial charge in [-0.15, -0.1) is 0 Å². The molecule has 1 fully saturated rings. The minimum Gasteiger partial charge on any atom is -0.399 e. The zero-order chi connectivity index (χ0) is 13.5. The van der Waals surface area contributed by atoms with Crippen LogP contribution in [0.4, 0.5) is 5.69 Å². The summed E-state index contributed by atoms with van der Waals surface area (Å²) in [7, 11) is 0. The van der Waals surface area contributed by atoms with Crippen molar-refractivity contribution in [2.45, 2.75) is 18.3 Å². The van der Waals surface area contributed by atoms with Crippen LogP contribution in [0.5, 0.6) is 0 Å². The van der Waals surface area contributed by atoms with E-state index in [1.165, 1.54) is 0 Å². The maximum Gasteiger partial charge on any atom is 0.174 e. The zero-order valence-corrected chi connectivity index (χ0v) is 11.2. The van der Waals surface area contributed by atoms with Gasteiger partial charge in [-0.05, 0) is 36.6 Å². The van der Waals surface area contributed by atoms with Crippen molar-refractivity contribution in [3.8, 4) is 0 Å². The number of anilines is 1. The van der Waals surface area contributed by atoms with Gasteiger partial charge in [0.15, 0.2) is 5.78 Å². The van der Waals surface area contributed by atoms with Gasteiger partial charge in [0, 0.05) is 11.3 Å². The van der Waals surface area contributed by atoms with Gasteiger partial charge in [0.2, 0.25) is 0 Å². The Kier molecular flexibility index (Phi) is 2.83. The number of nitrogens with two attached hydrogens (primary N) is 1. The Morgan fingerprint density at radius 1 is 1.11 bits per heavy atom. The highest BCUT2D eigenvalue weighted by Crippen LogP contribution is 2.51. The molecule has 1 aliphatic carbocycles. The fraction of sp³-hybridized carbons (Fsp3) is 0.188. The van der Waals surface area contributed by atoms with E-state index in [0.29, 0.717) is 16.3 Å². The summed E-state index contributed by atoms with van der Waals surface area (Å²) >= 11 is 6.14. The molecule has 2 N–H and O–H groups in total. The SMILES string of the molecule is Nc1ccc(C(=O)C2(c3ccccc3)CC2)c(Cl)c1. The van der Waals surface area contributed by atoms with Gasteiger partial charge >= 0.3 is 0 Å². The number of rotatable bonds is 3. The lowest BCUT2D eigenvalue weighted by molar-refractivity contribution is 0.0946. The van der Waals surface area contributed by atoms with Crippen LogP contribution >= 0.6 is 11.6 Å². The van der Waals surface area contributed by atoms with E-state index in [1.807, 2.05) is 30.3 Å². The van der Waals surface area contributed by atoms with Crippen LogP contribution in [0, 0.1) is 0 Å². The highest BCUT2D eigenvalue weighted by atomic mass is 35.5. The van der Waals surface area contributed by atoms with Gasteiger partial charge in [0.25, 0.3) is 0 Å². The fourth-order valence-electron chi connectivity index (χ4n) is 2.50. The van der Waals surface area contributed by atoms with Crippen molar-refractivity contribution in [2.24, 2.45) is 0 Å². The first-order valence-electron chi connectivity index (χ1n) is 6.29. The molecule has 3 rings (SSSR count). The van der Waals surface area contributed by atoms with Gasteiger partial charge in [-0.1, -0.05) is 41.9 Å². The molecule has 0 heterocycles. The highest BCUT2D eigenvalue weighted by Gasteiger charge is 2.51. The van der Waals surface area contributed by atoms with E-state index in [2.05, 4.69) is 0 Å². The molecule has 1 saturated carbocycles. The van der Waals surface area contributed by atoms with E-state index in [1.54, 1.807) is 18.2 Å². The van der Waals surface area contributed by atoms with Gasteiger partial charge in [-0.25, -0.2) is 0 Å². The minimum absolute atomic E-state index is 0.101. The van der Waals surface area contributed by atoms with Gasteiger partial charge < -0.3 is 5.73 Å². The Labute approximate surface area is 117 Å². The first kappa shape index (κ1) is 12.2. The molecule has 0 amide bonds. The van der Waals surface area contributed by atoms with Crippen LogP contribution in [0.3, 0.4) is 0 Å². The van der Waals surface area contributed by atoms with Crippen LogP contribution in [-0.4, -0.2) is 5.78 Å². The summed E-state index contributed by atoms with van der Waals surface area (Å²) < 4.78 is 0. The van der Waals surface area contributed by atoms with Gasteiger partial charge in [-0.2, -0.15) is 0 Å². The molecule has 0 radical (unpaired) electrons. The Morgan fingerprint density at radius 3 is 2.37 bits per heavy atom. The summed E-state index contributed by atoms with van der Waals surface area (Å²) in [6.07, 6.45) is 1.77. The van der Waals surface area contributed by atoms with Gasteiger partial charge in [0.1, 0.15) is 0 Å². The predicted octanol–water partition coefficient (Wildman–Crippen LogP) is 3.84. The summed E-state index contributed by atoms with van der Waals surface area (Å²) in [5, 5.41) is 0.437. The minimum atomic E-state index is -0.374. The molecular weight excluding hydrogens is 258 g/mol. The smallest absolute Gasteiger partial charge is 0.174 e. The Hall–Kier alpha value is -1.80. The standard InChI is InChI=1S/C16H14ClNO/c17-14-10-12(18)6-7-13(14)15(19)16(8-9-16)11-4-2-1-3-5-11/h1-7,10H,8-9,18H2. The van der Waals surface area contributed by atoms with Crippen molar-refractivity contribution in [3.63, 3.8) is 0 Å². The van der Waals surface area contributed by atoms with Crippen LogP contribution < -0.4 is 5.73 Å². The molecule has 0 aromatic heterocycles. The van der Waals surface area contributed by atoms with Gasteiger partial charge in [-0.3, -0.25) is 4.79 Å². The molecule has 0 spiro atoms. The van der Waals surface area contributed by atoms with E-state index in [9.17, 15) is 4.79 Å². The molecule has 2 nitrogen and oxygen atoms in total. The molecule has 19 heavy (non-hydrogen) atoms. The molecule has 96 valence electrons. The fourth-order valence-corrected chi connectivity index (χ4v) is 2.78. The first-order chi connectivity index (χ1) is 9.13. The second kappa shape index (κ2) is 4.39. The number of ketones is 1. The van der Waals surface area contributed by atoms with Crippen LogP contribution in [0.1, 0.15) is 28.8 Å². The normalized spacial score (nSPS) is 16.1. The molecule has 0 aliphatic heterocycles. The van der Waals surface area contributed by atoms with Crippen LogP contribution in [0.25, 0.3) is 0 Å². The number of nitrogen functional groups attached to an aromatic ring is 1. The first-order valence-corrected chi connectivity index (χ1v) is 6.67. The van der Waals surface area contributed by atoms with Crippen molar-refractivity contribution >= 4 is 23.1 Å². The number of benzene rings is 2.